The summed E-state index contributed by atoms with van der Waals surface area (Å²) in [5.41, 5.74) is -0.756. The van der Waals surface area contributed by atoms with Gasteiger partial charge in [0, 0.05) is 12.1 Å². The molecule has 0 saturated carbocycles. The molecule has 2 rings (SSSR count). The number of hydrogen-bond donors (Lipinski definition) is 2. The molecule has 1 aliphatic heterocycles. The van der Waals surface area contributed by atoms with Gasteiger partial charge < -0.3 is 10.6 Å². The van der Waals surface area contributed by atoms with Crippen LogP contribution in [0.4, 0.5) is 13.2 Å². The molecule has 118 valence electrons. The Bertz CT molecular complexity index is 474. The molecule has 0 bridgehead atoms. The van der Waals surface area contributed by atoms with Crippen LogP contribution in [0.2, 0.25) is 0 Å². The quantitative estimate of drug-likeness (QED) is 0.898. The average molecular weight is 323 g/mol. The van der Waals surface area contributed by atoms with Gasteiger partial charge in [-0.05, 0) is 50.0 Å². The normalized spacial score (nSPS) is 18.7. The highest BCUT2D eigenvalue weighted by Crippen LogP contribution is 2.29. The van der Waals surface area contributed by atoms with E-state index in [1.165, 1.54) is 12.1 Å². The molecule has 1 heterocycles. The molecule has 1 atom stereocenters. The van der Waals surface area contributed by atoms with Gasteiger partial charge in [-0.2, -0.15) is 13.2 Å². The van der Waals surface area contributed by atoms with E-state index in [-0.39, 0.29) is 18.0 Å². The molecule has 1 saturated heterocycles. The smallest absolute Gasteiger partial charge is 0.352 e. The molecule has 0 spiro atoms. The van der Waals surface area contributed by atoms with Crippen LogP contribution in [0.5, 0.6) is 0 Å². The van der Waals surface area contributed by atoms with Crippen molar-refractivity contribution in [2.24, 2.45) is 5.92 Å². The van der Waals surface area contributed by atoms with E-state index in [1.54, 1.807) is 0 Å². The maximum Gasteiger partial charge on any atom is 0.416 e. The number of carbonyl (C=O) groups is 1. The van der Waals surface area contributed by atoms with Crippen LogP contribution in [0.3, 0.4) is 0 Å². The fraction of sp³-hybridized carbons (Fsp3) is 0.500. The van der Waals surface area contributed by atoms with Crippen molar-refractivity contribution in [2.45, 2.75) is 19.0 Å². The molecular formula is C14H18ClF3N2O. The molecule has 1 unspecified atom stereocenters. The number of alkyl halides is 3. The standard InChI is InChI=1S/C14H17F3N2O.ClH/c15-14(16,17)12-5-1-4-11(7-12)13(20)19-9-10-3-2-6-18-8-10;/h1,4-5,7,10,18H,2-3,6,8-9H2,(H,19,20);1H. The molecule has 0 aliphatic carbocycles. The van der Waals surface area contributed by atoms with Crippen molar-refractivity contribution in [3.63, 3.8) is 0 Å². The largest absolute Gasteiger partial charge is 0.416 e. The topological polar surface area (TPSA) is 41.1 Å². The van der Waals surface area contributed by atoms with Crippen LogP contribution in [-0.4, -0.2) is 25.5 Å². The summed E-state index contributed by atoms with van der Waals surface area (Å²) in [6.45, 7) is 2.31. The Balaban J connectivity index is 0.00000220. The Kier molecular flexibility index (Phi) is 6.48. The van der Waals surface area contributed by atoms with Gasteiger partial charge in [-0.25, -0.2) is 0 Å². The number of benzene rings is 1. The van der Waals surface area contributed by atoms with Gasteiger partial charge in [0.1, 0.15) is 0 Å². The summed E-state index contributed by atoms with van der Waals surface area (Å²) in [7, 11) is 0. The van der Waals surface area contributed by atoms with E-state index in [0.717, 1.165) is 38.1 Å². The first-order valence-electron chi connectivity index (χ1n) is 6.63. The second-order valence-electron chi connectivity index (χ2n) is 5.00. The summed E-state index contributed by atoms with van der Waals surface area (Å²) in [6.07, 6.45) is -2.34. The number of amides is 1. The van der Waals surface area contributed by atoms with E-state index in [0.29, 0.717) is 12.5 Å². The molecule has 1 aliphatic rings. The van der Waals surface area contributed by atoms with Crippen molar-refractivity contribution in [3.05, 3.63) is 35.4 Å². The van der Waals surface area contributed by atoms with Gasteiger partial charge in [0.15, 0.2) is 0 Å². The fourth-order valence-electron chi connectivity index (χ4n) is 2.27. The lowest BCUT2D eigenvalue weighted by atomic mass is 9.99. The Morgan fingerprint density at radius 3 is 2.76 bits per heavy atom. The van der Waals surface area contributed by atoms with Crippen LogP contribution in [0.25, 0.3) is 0 Å². The van der Waals surface area contributed by atoms with Crippen LogP contribution in [0, 0.1) is 5.92 Å². The van der Waals surface area contributed by atoms with Crippen molar-refractivity contribution in [1.82, 2.24) is 10.6 Å². The van der Waals surface area contributed by atoms with Gasteiger partial charge >= 0.3 is 6.18 Å². The zero-order chi connectivity index (χ0) is 14.6. The predicted octanol–water partition coefficient (Wildman–Crippen LogP) is 2.86. The molecule has 1 amide bonds. The third-order valence-corrected chi connectivity index (χ3v) is 3.40. The number of rotatable bonds is 3. The average Bonchev–Trinajstić information content (AvgIpc) is 2.45. The van der Waals surface area contributed by atoms with E-state index >= 15 is 0 Å². The fourth-order valence-corrected chi connectivity index (χ4v) is 2.27. The van der Waals surface area contributed by atoms with Crippen molar-refractivity contribution in [3.8, 4) is 0 Å². The minimum Gasteiger partial charge on any atom is -0.352 e. The number of halogens is 4. The lowest BCUT2D eigenvalue weighted by Crippen LogP contribution is -2.38. The van der Waals surface area contributed by atoms with Gasteiger partial charge in [0.05, 0.1) is 5.56 Å². The SMILES string of the molecule is Cl.O=C(NCC1CCCNC1)c1cccc(C(F)(F)F)c1. The summed E-state index contributed by atoms with van der Waals surface area (Å²) in [4.78, 5) is 11.9. The van der Waals surface area contributed by atoms with Crippen LogP contribution >= 0.6 is 12.4 Å². The van der Waals surface area contributed by atoms with Crippen LogP contribution in [0.1, 0.15) is 28.8 Å². The minimum absolute atomic E-state index is 0. The van der Waals surface area contributed by atoms with Crippen LogP contribution < -0.4 is 10.6 Å². The first kappa shape index (κ1) is 17.8. The van der Waals surface area contributed by atoms with E-state index in [2.05, 4.69) is 10.6 Å². The zero-order valence-corrected chi connectivity index (χ0v) is 12.2. The highest BCUT2D eigenvalue weighted by Gasteiger charge is 2.30. The molecule has 7 heteroatoms. The predicted molar refractivity (Wildman–Crippen MR) is 76.6 cm³/mol. The maximum absolute atomic E-state index is 12.6. The molecule has 0 aromatic heterocycles. The summed E-state index contributed by atoms with van der Waals surface area (Å²) in [5, 5.41) is 5.93. The number of hydrogen-bond acceptors (Lipinski definition) is 2. The van der Waals surface area contributed by atoms with E-state index in [4.69, 9.17) is 0 Å². The Hall–Kier alpha value is -1.27. The monoisotopic (exact) mass is 322 g/mol. The molecule has 1 aromatic rings. The summed E-state index contributed by atoms with van der Waals surface area (Å²) in [5.74, 6) is -0.111. The summed E-state index contributed by atoms with van der Waals surface area (Å²) in [6, 6.07) is 4.49. The zero-order valence-electron chi connectivity index (χ0n) is 11.4. The highest BCUT2D eigenvalue weighted by molar-refractivity contribution is 5.94. The highest BCUT2D eigenvalue weighted by atomic mass is 35.5. The Morgan fingerprint density at radius 2 is 2.14 bits per heavy atom. The molecule has 0 radical (unpaired) electrons. The van der Waals surface area contributed by atoms with E-state index < -0.39 is 17.6 Å². The number of carbonyl (C=O) groups excluding carboxylic acids is 1. The number of nitrogens with one attached hydrogen (secondary N) is 2. The van der Waals surface area contributed by atoms with Crippen molar-refractivity contribution >= 4 is 18.3 Å². The van der Waals surface area contributed by atoms with Crippen LogP contribution in [0.15, 0.2) is 24.3 Å². The summed E-state index contributed by atoms with van der Waals surface area (Å²) >= 11 is 0. The number of piperidine rings is 1. The lowest BCUT2D eigenvalue weighted by Gasteiger charge is -2.22. The van der Waals surface area contributed by atoms with Gasteiger partial charge in [0.2, 0.25) is 0 Å². The van der Waals surface area contributed by atoms with E-state index in [1.807, 2.05) is 0 Å². The Morgan fingerprint density at radius 1 is 1.38 bits per heavy atom. The maximum atomic E-state index is 12.6. The third kappa shape index (κ3) is 5.21. The van der Waals surface area contributed by atoms with E-state index in [9.17, 15) is 18.0 Å². The first-order chi connectivity index (χ1) is 9.47. The van der Waals surface area contributed by atoms with Gasteiger partial charge in [0.25, 0.3) is 5.91 Å². The lowest BCUT2D eigenvalue weighted by molar-refractivity contribution is -0.137. The molecule has 2 N–H and O–H groups in total. The molecule has 3 nitrogen and oxygen atoms in total. The second-order valence-corrected chi connectivity index (χ2v) is 5.00. The second kappa shape index (κ2) is 7.66. The Labute approximate surface area is 127 Å². The molecule has 21 heavy (non-hydrogen) atoms. The van der Waals surface area contributed by atoms with Crippen molar-refractivity contribution in [1.29, 1.82) is 0 Å². The van der Waals surface area contributed by atoms with Gasteiger partial charge in [-0.15, -0.1) is 12.4 Å². The third-order valence-electron chi connectivity index (χ3n) is 3.40. The van der Waals surface area contributed by atoms with Crippen molar-refractivity contribution < 1.29 is 18.0 Å². The van der Waals surface area contributed by atoms with Gasteiger partial charge in [-0.1, -0.05) is 6.07 Å². The molecule has 1 aromatic carbocycles. The van der Waals surface area contributed by atoms with Crippen LogP contribution in [-0.2, 0) is 6.18 Å². The minimum atomic E-state index is -4.43. The molecular weight excluding hydrogens is 305 g/mol. The van der Waals surface area contributed by atoms with Gasteiger partial charge in [-0.3, -0.25) is 4.79 Å². The first-order valence-corrected chi connectivity index (χ1v) is 6.63. The molecule has 1 fully saturated rings. The summed E-state index contributed by atoms with van der Waals surface area (Å²) < 4.78 is 37.7. The van der Waals surface area contributed by atoms with Crippen molar-refractivity contribution in [2.75, 3.05) is 19.6 Å².